The zero-order chi connectivity index (χ0) is 31.3. The van der Waals surface area contributed by atoms with Gasteiger partial charge < -0.3 is 9.47 Å². The van der Waals surface area contributed by atoms with Gasteiger partial charge in [0.1, 0.15) is 16.7 Å². The normalized spacial score (nSPS) is 16.1. The predicted octanol–water partition coefficient (Wildman–Crippen LogP) is 4.45. The van der Waals surface area contributed by atoms with E-state index in [1.165, 1.54) is 29.1 Å². The summed E-state index contributed by atoms with van der Waals surface area (Å²) < 4.78 is 85.0. The van der Waals surface area contributed by atoms with Gasteiger partial charge in [-0.15, -0.1) is 0 Å². The number of hydrogen-bond donors (Lipinski definition) is 2. The quantitative estimate of drug-likeness (QED) is 0.364. The smallest absolute Gasteiger partial charge is 0.438 e. The second kappa shape index (κ2) is 10.8. The molecule has 0 saturated carbocycles. The predicted molar refractivity (Wildman–Crippen MR) is 143 cm³/mol. The minimum atomic E-state index is -4.83. The molecular formula is C24H28ClF3N6O7S. The van der Waals surface area contributed by atoms with Crippen LogP contribution in [0.1, 0.15) is 46.9 Å². The van der Waals surface area contributed by atoms with Crippen LogP contribution in [0.4, 0.5) is 29.3 Å². The van der Waals surface area contributed by atoms with Crippen LogP contribution in [-0.2, 0) is 26.7 Å². The molecule has 13 nitrogen and oxygen atoms in total. The molecule has 0 saturated heterocycles. The lowest BCUT2D eigenvalue weighted by molar-refractivity contribution is -0.242. The molecule has 230 valence electrons. The molecule has 3 aromatic rings. The molecule has 1 atom stereocenters. The number of nitrogens with one attached hydrogen (secondary N) is 2. The number of amides is 1. The second-order valence-electron chi connectivity index (χ2n) is 10.7. The summed E-state index contributed by atoms with van der Waals surface area (Å²) in [6, 6.07) is 3.90. The van der Waals surface area contributed by atoms with Gasteiger partial charge in [0, 0.05) is 23.8 Å². The van der Waals surface area contributed by atoms with Crippen molar-refractivity contribution in [1.82, 2.24) is 19.9 Å². The number of alkyl halides is 3. The number of aryl methyl sites for hydroxylation is 1. The molecule has 4 rings (SSSR count). The molecule has 18 heteroatoms. The fourth-order valence-corrected chi connectivity index (χ4v) is 6.13. The first kappa shape index (κ1) is 31.2. The molecular weight excluding hydrogens is 609 g/mol. The molecule has 3 heterocycles. The van der Waals surface area contributed by atoms with E-state index in [9.17, 15) is 31.2 Å². The summed E-state index contributed by atoms with van der Waals surface area (Å²) in [7, 11) is -4.38. The maximum atomic E-state index is 13.9. The molecule has 0 aliphatic carbocycles. The van der Waals surface area contributed by atoms with E-state index in [2.05, 4.69) is 29.8 Å². The number of aromatic nitrogens is 4. The molecule has 0 bridgehead atoms. The van der Waals surface area contributed by atoms with E-state index in [1.807, 2.05) is 0 Å². The van der Waals surface area contributed by atoms with Crippen LogP contribution >= 0.6 is 11.6 Å². The third-order valence-electron chi connectivity index (χ3n) is 6.56. The van der Waals surface area contributed by atoms with Crippen LogP contribution in [0.15, 0.2) is 38.6 Å². The largest absolute Gasteiger partial charge is 0.486 e. The first-order chi connectivity index (χ1) is 19.3. The van der Waals surface area contributed by atoms with Crippen molar-refractivity contribution in [1.29, 1.82) is 0 Å². The lowest BCUT2D eigenvalue weighted by atomic mass is 9.85. The van der Waals surface area contributed by atoms with Gasteiger partial charge >= 0.3 is 18.0 Å². The topological polar surface area (TPSA) is 162 Å². The standard InChI is InChI=1S/C24H28ClF3N6O7S/c1-6-33-12-17(18(25)31-33)42(37,38)34-11-14(10-22(2,3)19-30-21(36)41-32-19)39-16-8-7-13(9-15(16)34)29-20(35)40-23(4,5)24(26,27)28/h7-9,12,14H,6,10-11H2,1-5H3,(H,29,35)(H,30,32,36). The van der Waals surface area contributed by atoms with E-state index in [4.69, 9.17) is 16.3 Å². The number of benzene rings is 1. The molecule has 1 amide bonds. The number of aromatic amines is 1. The summed E-state index contributed by atoms with van der Waals surface area (Å²) in [5.41, 5.74) is -3.69. The van der Waals surface area contributed by atoms with Gasteiger partial charge in [-0.1, -0.05) is 30.6 Å². The minimum absolute atomic E-state index is 0.0212. The number of nitrogens with zero attached hydrogens (tertiary/aromatic N) is 4. The van der Waals surface area contributed by atoms with Crippen LogP contribution in [0.2, 0.25) is 5.15 Å². The van der Waals surface area contributed by atoms with Crippen LogP contribution in [0.3, 0.4) is 0 Å². The van der Waals surface area contributed by atoms with E-state index in [-0.39, 0.29) is 46.0 Å². The van der Waals surface area contributed by atoms with E-state index < -0.39 is 45.2 Å². The molecule has 1 aliphatic rings. The van der Waals surface area contributed by atoms with Crippen LogP contribution < -0.4 is 20.1 Å². The van der Waals surface area contributed by atoms with Gasteiger partial charge in [-0.25, -0.2) is 18.0 Å². The Labute approximate surface area is 242 Å². The van der Waals surface area contributed by atoms with Crippen molar-refractivity contribution < 1.29 is 40.4 Å². The number of carbonyl (C=O) groups is 1. The number of sulfonamides is 1. The number of fused-ring (bicyclic) bond motifs is 1. The average molecular weight is 637 g/mol. The zero-order valence-electron chi connectivity index (χ0n) is 23.1. The molecule has 0 spiro atoms. The van der Waals surface area contributed by atoms with Crippen LogP contribution in [-0.4, -0.2) is 58.9 Å². The van der Waals surface area contributed by atoms with E-state index in [0.717, 1.165) is 4.31 Å². The molecule has 2 N–H and O–H groups in total. The van der Waals surface area contributed by atoms with Crippen LogP contribution in [0, 0.1) is 0 Å². The van der Waals surface area contributed by atoms with Crippen molar-refractivity contribution in [3.05, 3.63) is 45.9 Å². The highest BCUT2D eigenvalue weighted by molar-refractivity contribution is 7.93. The van der Waals surface area contributed by atoms with Gasteiger partial charge in [0.15, 0.2) is 11.0 Å². The maximum Gasteiger partial charge on any atom is 0.438 e. The Hall–Kier alpha value is -3.73. The number of ether oxygens (including phenoxy) is 2. The first-order valence-electron chi connectivity index (χ1n) is 12.5. The van der Waals surface area contributed by atoms with E-state index in [0.29, 0.717) is 20.4 Å². The molecule has 2 aromatic heterocycles. The number of H-pyrrole nitrogens is 1. The first-order valence-corrected chi connectivity index (χ1v) is 14.4. The monoisotopic (exact) mass is 636 g/mol. The number of rotatable bonds is 8. The van der Waals surface area contributed by atoms with Crippen molar-refractivity contribution in [2.75, 3.05) is 16.2 Å². The fourth-order valence-electron chi connectivity index (χ4n) is 4.18. The van der Waals surface area contributed by atoms with Crippen molar-refractivity contribution >= 4 is 39.1 Å². The molecule has 1 unspecified atom stereocenters. The summed E-state index contributed by atoms with van der Waals surface area (Å²) in [6.07, 6.45) is -5.58. The summed E-state index contributed by atoms with van der Waals surface area (Å²) >= 11 is 6.19. The average Bonchev–Trinajstić information content (AvgIpc) is 3.48. The highest BCUT2D eigenvalue weighted by Crippen LogP contribution is 2.42. The maximum absolute atomic E-state index is 13.9. The van der Waals surface area contributed by atoms with Gasteiger partial charge in [-0.3, -0.25) is 23.8 Å². The third-order valence-corrected chi connectivity index (χ3v) is 8.74. The van der Waals surface area contributed by atoms with Gasteiger partial charge in [0.05, 0.1) is 12.2 Å². The molecule has 42 heavy (non-hydrogen) atoms. The van der Waals surface area contributed by atoms with Gasteiger partial charge in [0.25, 0.3) is 10.0 Å². The van der Waals surface area contributed by atoms with Gasteiger partial charge in [-0.2, -0.15) is 18.3 Å². The van der Waals surface area contributed by atoms with Crippen molar-refractivity contribution in [2.24, 2.45) is 0 Å². The summed E-state index contributed by atoms with van der Waals surface area (Å²) in [4.78, 5) is 26.0. The Balaban J connectivity index is 1.71. The number of hydrogen-bond acceptors (Lipinski definition) is 9. The fraction of sp³-hybridized carbons (Fsp3) is 0.500. The van der Waals surface area contributed by atoms with Gasteiger partial charge in [-0.05, 0) is 45.4 Å². The summed E-state index contributed by atoms with van der Waals surface area (Å²) in [6.45, 7) is 6.72. The molecule has 1 aromatic carbocycles. The van der Waals surface area contributed by atoms with E-state index in [1.54, 1.807) is 20.8 Å². The Kier molecular flexibility index (Phi) is 8.05. The summed E-state index contributed by atoms with van der Waals surface area (Å²) in [5.74, 6) is -0.437. The Morgan fingerprint density at radius 2 is 1.95 bits per heavy atom. The van der Waals surface area contributed by atoms with Crippen molar-refractivity contribution in [3.63, 3.8) is 0 Å². The third kappa shape index (κ3) is 6.21. The highest BCUT2D eigenvalue weighted by Gasteiger charge is 2.51. The Bertz CT molecular complexity index is 1650. The van der Waals surface area contributed by atoms with Gasteiger partial charge in [0.2, 0.25) is 5.60 Å². The van der Waals surface area contributed by atoms with Crippen molar-refractivity contribution in [2.45, 2.75) is 75.8 Å². The SMILES string of the molecule is CCn1cc(S(=O)(=O)N2CC(CC(C)(C)c3noc(=O)[nH]3)Oc3ccc(NC(=O)OC(C)(C)C(F)(F)F)cc32)c(Cl)n1. The molecule has 1 aliphatic heterocycles. The number of anilines is 2. The molecule has 0 fully saturated rings. The van der Waals surface area contributed by atoms with Crippen molar-refractivity contribution in [3.8, 4) is 5.75 Å². The Morgan fingerprint density at radius 3 is 2.52 bits per heavy atom. The lowest BCUT2D eigenvalue weighted by Gasteiger charge is -2.38. The van der Waals surface area contributed by atoms with Crippen LogP contribution in [0.25, 0.3) is 0 Å². The number of carbonyl (C=O) groups excluding carboxylic acids is 1. The minimum Gasteiger partial charge on any atom is -0.486 e. The van der Waals surface area contributed by atoms with E-state index >= 15 is 0 Å². The second-order valence-corrected chi connectivity index (χ2v) is 12.8. The van der Waals surface area contributed by atoms with Crippen LogP contribution in [0.5, 0.6) is 5.75 Å². The number of halogens is 4. The lowest BCUT2D eigenvalue weighted by Crippen LogP contribution is -2.46. The summed E-state index contributed by atoms with van der Waals surface area (Å²) in [5, 5.41) is 9.67. The highest BCUT2D eigenvalue weighted by atomic mass is 35.5. The Morgan fingerprint density at radius 1 is 1.26 bits per heavy atom. The molecule has 0 radical (unpaired) electrons. The zero-order valence-corrected chi connectivity index (χ0v) is 24.6.